The second kappa shape index (κ2) is 7.22. The molecule has 2 N–H and O–H groups in total. The van der Waals surface area contributed by atoms with Crippen LogP contribution in [0, 0.1) is 6.92 Å². The van der Waals surface area contributed by atoms with Gasteiger partial charge in [0.2, 0.25) is 0 Å². The number of hydrogen-bond donors (Lipinski definition) is 2. The Labute approximate surface area is 120 Å². The van der Waals surface area contributed by atoms with Crippen LogP contribution in [0.3, 0.4) is 0 Å². The summed E-state index contributed by atoms with van der Waals surface area (Å²) in [6.45, 7) is 7.89. The molecule has 0 aliphatic heterocycles. The summed E-state index contributed by atoms with van der Waals surface area (Å²) in [5.74, 6) is 0. The molecule has 1 heterocycles. The minimum atomic E-state index is 0.214. The van der Waals surface area contributed by atoms with Crippen molar-refractivity contribution in [3.63, 3.8) is 0 Å². The highest BCUT2D eigenvalue weighted by molar-refractivity contribution is 5.91. The van der Waals surface area contributed by atoms with Crippen molar-refractivity contribution >= 4 is 16.6 Å². The van der Waals surface area contributed by atoms with Crippen molar-refractivity contribution in [2.24, 2.45) is 0 Å². The molecular formula is C16H23N3O. The lowest BCUT2D eigenvalue weighted by Gasteiger charge is -2.19. The van der Waals surface area contributed by atoms with Gasteiger partial charge in [-0.15, -0.1) is 0 Å². The van der Waals surface area contributed by atoms with E-state index in [0.717, 1.165) is 42.8 Å². The summed E-state index contributed by atoms with van der Waals surface area (Å²) >= 11 is 0. The SMILES string of the molecule is CCN(CCO)CCNc1ccnc2ccc(C)cc12. The number of fused-ring (bicyclic) bond motifs is 1. The van der Waals surface area contributed by atoms with Crippen LogP contribution < -0.4 is 5.32 Å². The number of aliphatic hydroxyl groups is 1. The highest BCUT2D eigenvalue weighted by Gasteiger charge is 2.04. The number of likely N-dealkylation sites (N-methyl/N-ethyl adjacent to an activating group) is 1. The van der Waals surface area contributed by atoms with Gasteiger partial charge in [0.15, 0.2) is 0 Å². The number of benzene rings is 1. The molecule has 0 atom stereocenters. The zero-order valence-corrected chi connectivity index (χ0v) is 12.3. The van der Waals surface area contributed by atoms with Crippen molar-refractivity contribution in [3.8, 4) is 0 Å². The Hall–Kier alpha value is -1.65. The summed E-state index contributed by atoms with van der Waals surface area (Å²) in [5.41, 5.74) is 3.38. The number of anilines is 1. The number of aromatic nitrogens is 1. The normalized spacial score (nSPS) is 11.2. The highest BCUT2D eigenvalue weighted by atomic mass is 16.3. The van der Waals surface area contributed by atoms with Gasteiger partial charge in [-0.1, -0.05) is 18.6 Å². The first-order valence-electron chi connectivity index (χ1n) is 7.17. The third kappa shape index (κ3) is 3.68. The molecule has 0 radical (unpaired) electrons. The molecule has 2 rings (SSSR count). The Morgan fingerprint density at radius 1 is 1.25 bits per heavy atom. The van der Waals surface area contributed by atoms with Crippen LogP contribution in [0.1, 0.15) is 12.5 Å². The van der Waals surface area contributed by atoms with Gasteiger partial charge in [-0.05, 0) is 31.7 Å². The average Bonchev–Trinajstić information content (AvgIpc) is 2.46. The lowest BCUT2D eigenvalue weighted by Crippen LogP contribution is -2.31. The van der Waals surface area contributed by atoms with Crippen LogP contribution in [-0.4, -0.2) is 47.8 Å². The smallest absolute Gasteiger partial charge is 0.0722 e. The lowest BCUT2D eigenvalue weighted by molar-refractivity contribution is 0.206. The fraction of sp³-hybridized carbons (Fsp3) is 0.438. The summed E-state index contributed by atoms with van der Waals surface area (Å²) in [5, 5.41) is 13.6. The van der Waals surface area contributed by atoms with Gasteiger partial charge in [-0.3, -0.25) is 9.88 Å². The van der Waals surface area contributed by atoms with Crippen molar-refractivity contribution < 1.29 is 5.11 Å². The van der Waals surface area contributed by atoms with E-state index in [2.05, 4.69) is 47.2 Å². The Kier molecular flexibility index (Phi) is 5.32. The van der Waals surface area contributed by atoms with Gasteiger partial charge in [-0.2, -0.15) is 0 Å². The maximum Gasteiger partial charge on any atom is 0.0722 e. The van der Waals surface area contributed by atoms with E-state index in [1.807, 2.05) is 12.3 Å². The molecule has 0 fully saturated rings. The number of pyridine rings is 1. The number of nitrogens with zero attached hydrogens (tertiary/aromatic N) is 2. The lowest BCUT2D eigenvalue weighted by atomic mass is 10.1. The van der Waals surface area contributed by atoms with Crippen LogP contribution in [0.2, 0.25) is 0 Å². The molecule has 0 amide bonds. The first-order valence-corrected chi connectivity index (χ1v) is 7.17. The zero-order valence-electron chi connectivity index (χ0n) is 12.3. The first-order chi connectivity index (χ1) is 9.74. The fourth-order valence-corrected chi connectivity index (χ4v) is 2.33. The molecule has 0 bridgehead atoms. The summed E-state index contributed by atoms with van der Waals surface area (Å²) in [4.78, 5) is 6.61. The maximum atomic E-state index is 8.99. The van der Waals surface area contributed by atoms with Crippen molar-refractivity contribution in [1.29, 1.82) is 0 Å². The second-order valence-electron chi connectivity index (χ2n) is 4.96. The van der Waals surface area contributed by atoms with Crippen LogP contribution in [-0.2, 0) is 0 Å². The van der Waals surface area contributed by atoms with E-state index in [-0.39, 0.29) is 6.61 Å². The molecule has 1 aromatic carbocycles. The molecule has 0 spiro atoms. The molecule has 1 aromatic heterocycles. The zero-order chi connectivity index (χ0) is 14.4. The van der Waals surface area contributed by atoms with E-state index in [9.17, 15) is 0 Å². The molecule has 0 aliphatic carbocycles. The highest BCUT2D eigenvalue weighted by Crippen LogP contribution is 2.22. The molecule has 0 unspecified atom stereocenters. The number of nitrogens with one attached hydrogen (secondary N) is 1. The molecule has 4 nitrogen and oxygen atoms in total. The summed E-state index contributed by atoms with van der Waals surface area (Å²) < 4.78 is 0. The minimum Gasteiger partial charge on any atom is -0.395 e. The fourth-order valence-electron chi connectivity index (χ4n) is 2.33. The topological polar surface area (TPSA) is 48.4 Å². The van der Waals surface area contributed by atoms with E-state index in [1.54, 1.807) is 0 Å². The van der Waals surface area contributed by atoms with E-state index < -0.39 is 0 Å². The van der Waals surface area contributed by atoms with Crippen LogP contribution in [0.5, 0.6) is 0 Å². The predicted octanol–water partition coefficient (Wildman–Crippen LogP) is 2.27. The second-order valence-corrected chi connectivity index (χ2v) is 4.96. The average molecular weight is 273 g/mol. The Morgan fingerprint density at radius 3 is 2.85 bits per heavy atom. The van der Waals surface area contributed by atoms with Gasteiger partial charge < -0.3 is 10.4 Å². The standard InChI is InChI=1S/C16H23N3O/c1-3-19(10-11-20)9-8-18-16-6-7-17-15-5-4-13(2)12-14(15)16/h4-7,12,20H,3,8-11H2,1-2H3,(H,17,18). The molecule has 0 saturated heterocycles. The van der Waals surface area contributed by atoms with Crippen LogP contribution in [0.25, 0.3) is 10.9 Å². The molecule has 2 aromatic rings. The molecular weight excluding hydrogens is 250 g/mol. The molecule has 0 saturated carbocycles. The van der Waals surface area contributed by atoms with Gasteiger partial charge in [0, 0.05) is 36.9 Å². The van der Waals surface area contributed by atoms with Gasteiger partial charge in [0.1, 0.15) is 0 Å². The summed E-state index contributed by atoms with van der Waals surface area (Å²) in [7, 11) is 0. The first kappa shape index (κ1) is 14.8. The van der Waals surface area contributed by atoms with Gasteiger partial charge >= 0.3 is 0 Å². The Bertz CT molecular complexity index is 556. The van der Waals surface area contributed by atoms with Crippen LogP contribution in [0.4, 0.5) is 5.69 Å². The Morgan fingerprint density at radius 2 is 2.10 bits per heavy atom. The van der Waals surface area contributed by atoms with Gasteiger partial charge in [0.25, 0.3) is 0 Å². The van der Waals surface area contributed by atoms with Crippen molar-refractivity contribution in [2.75, 3.05) is 38.1 Å². The van der Waals surface area contributed by atoms with E-state index in [0.29, 0.717) is 0 Å². The maximum absolute atomic E-state index is 8.99. The predicted molar refractivity (Wildman–Crippen MR) is 84.2 cm³/mol. The van der Waals surface area contributed by atoms with E-state index in [1.165, 1.54) is 5.56 Å². The number of hydrogen-bond acceptors (Lipinski definition) is 4. The monoisotopic (exact) mass is 273 g/mol. The molecule has 0 aliphatic rings. The van der Waals surface area contributed by atoms with E-state index in [4.69, 9.17) is 5.11 Å². The van der Waals surface area contributed by atoms with Crippen molar-refractivity contribution in [2.45, 2.75) is 13.8 Å². The van der Waals surface area contributed by atoms with Crippen LogP contribution >= 0.6 is 0 Å². The Balaban J connectivity index is 2.04. The van der Waals surface area contributed by atoms with Crippen molar-refractivity contribution in [3.05, 3.63) is 36.0 Å². The van der Waals surface area contributed by atoms with Gasteiger partial charge in [-0.25, -0.2) is 0 Å². The third-order valence-corrected chi connectivity index (χ3v) is 3.50. The molecule has 20 heavy (non-hydrogen) atoms. The molecule has 108 valence electrons. The summed E-state index contributed by atoms with van der Waals surface area (Å²) in [6.07, 6.45) is 1.84. The molecule has 4 heteroatoms. The third-order valence-electron chi connectivity index (χ3n) is 3.50. The van der Waals surface area contributed by atoms with E-state index >= 15 is 0 Å². The largest absolute Gasteiger partial charge is 0.395 e. The van der Waals surface area contributed by atoms with Crippen molar-refractivity contribution in [1.82, 2.24) is 9.88 Å². The minimum absolute atomic E-state index is 0.214. The number of rotatable bonds is 7. The van der Waals surface area contributed by atoms with Crippen LogP contribution in [0.15, 0.2) is 30.5 Å². The quantitative estimate of drug-likeness (QED) is 0.812. The number of aryl methyl sites for hydroxylation is 1. The number of aliphatic hydroxyl groups excluding tert-OH is 1. The van der Waals surface area contributed by atoms with Gasteiger partial charge in [0.05, 0.1) is 12.1 Å². The summed E-state index contributed by atoms with van der Waals surface area (Å²) in [6, 6.07) is 8.32.